The Bertz CT molecular complexity index is 566. The van der Waals surface area contributed by atoms with Gasteiger partial charge < -0.3 is 5.43 Å². The second-order valence-electron chi connectivity index (χ2n) is 4.35. The number of nitrogens with one attached hydrogen (secondary N) is 1. The molecular formula is C12H15FN4. The largest absolute Gasteiger partial charge is 0.308 e. The van der Waals surface area contributed by atoms with E-state index in [1.807, 2.05) is 13.8 Å². The lowest BCUT2D eigenvalue weighted by Crippen LogP contribution is -2.12. The number of halogens is 1. The molecule has 2 rings (SSSR count). The second-order valence-corrected chi connectivity index (χ2v) is 4.35. The normalized spacial score (nSPS) is 11.2. The molecule has 4 nitrogen and oxygen atoms in total. The number of nitrogen functional groups attached to an aromatic ring is 1. The van der Waals surface area contributed by atoms with E-state index in [1.165, 1.54) is 6.07 Å². The van der Waals surface area contributed by atoms with Gasteiger partial charge in [-0.1, -0.05) is 13.8 Å². The molecule has 0 unspecified atom stereocenters. The van der Waals surface area contributed by atoms with Crippen molar-refractivity contribution in [1.82, 2.24) is 9.97 Å². The Hall–Kier alpha value is -1.75. The van der Waals surface area contributed by atoms with Gasteiger partial charge in [0.05, 0.1) is 5.52 Å². The number of rotatable bonds is 2. The van der Waals surface area contributed by atoms with Gasteiger partial charge in [0.15, 0.2) is 5.82 Å². The first-order valence-corrected chi connectivity index (χ1v) is 5.47. The van der Waals surface area contributed by atoms with E-state index in [0.717, 1.165) is 5.39 Å². The first kappa shape index (κ1) is 11.7. The Morgan fingerprint density at radius 3 is 2.59 bits per heavy atom. The van der Waals surface area contributed by atoms with Gasteiger partial charge in [0, 0.05) is 17.4 Å². The van der Waals surface area contributed by atoms with Crippen LogP contribution in [0.3, 0.4) is 0 Å². The van der Waals surface area contributed by atoms with E-state index in [4.69, 9.17) is 5.84 Å². The molecule has 5 heteroatoms. The molecule has 0 fully saturated rings. The number of hydrogen-bond acceptors (Lipinski definition) is 4. The molecule has 0 aliphatic carbocycles. The molecule has 0 amide bonds. The Morgan fingerprint density at radius 2 is 2.00 bits per heavy atom. The minimum absolute atomic E-state index is 0.163. The molecule has 2 aromatic rings. The smallest absolute Gasteiger partial charge is 0.151 e. The number of fused-ring (bicyclic) bond motifs is 1. The van der Waals surface area contributed by atoms with E-state index in [-0.39, 0.29) is 11.7 Å². The van der Waals surface area contributed by atoms with E-state index in [2.05, 4.69) is 15.4 Å². The first-order chi connectivity index (χ1) is 8.02. The van der Waals surface area contributed by atoms with Crippen LogP contribution >= 0.6 is 0 Å². The van der Waals surface area contributed by atoms with Crippen molar-refractivity contribution in [2.75, 3.05) is 5.43 Å². The standard InChI is InChI=1S/C12H15FN4/c1-6(2)11-15-10-5-9(13)7(3)4-8(10)12(16-11)17-14/h4-6H,14H2,1-3H3,(H,15,16,17). The van der Waals surface area contributed by atoms with Crippen molar-refractivity contribution < 1.29 is 4.39 Å². The van der Waals surface area contributed by atoms with Crippen molar-refractivity contribution in [1.29, 1.82) is 0 Å². The summed E-state index contributed by atoms with van der Waals surface area (Å²) in [7, 11) is 0. The van der Waals surface area contributed by atoms with Gasteiger partial charge in [0.1, 0.15) is 11.6 Å². The molecule has 1 heterocycles. The molecule has 17 heavy (non-hydrogen) atoms. The maximum Gasteiger partial charge on any atom is 0.151 e. The number of aromatic nitrogens is 2. The molecule has 1 aromatic carbocycles. The molecule has 0 aliphatic heterocycles. The quantitative estimate of drug-likeness (QED) is 0.619. The fourth-order valence-corrected chi connectivity index (χ4v) is 1.64. The topological polar surface area (TPSA) is 63.8 Å². The summed E-state index contributed by atoms with van der Waals surface area (Å²) in [5, 5.41) is 0.732. The predicted molar refractivity (Wildman–Crippen MR) is 66.1 cm³/mol. The SMILES string of the molecule is Cc1cc2c(NN)nc(C(C)C)nc2cc1F. The molecule has 0 saturated heterocycles. The zero-order valence-corrected chi connectivity index (χ0v) is 10.1. The van der Waals surface area contributed by atoms with Crippen molar-refractivity contribution in [3.63, 3.8) is 0 Å². The van der Waals surface area contributed by atoms with Crippen LogP contribution in [0.4, 0.5) is 10.2 Å². The number of anilines is 1. The number of hydrogen-bond donors (Lipinski definition) is 2. The van der Waals surface area contributed by atoms with Crippen LogP contribution in [0.1, 0.15) is 31.2 Å². The third kappa shape index (κ3) is 2.06. The summed E-state index contributed by atoms with van der Waals surface area (Å²) in [5.74, 6) is 6.51. The Balaban J connectivity index is 2.78. The van der Waals surface area contributed by atoms with Gasteiger partial charge in [-0.2, -0.15) is 0 Å². The zero-order chi connectivity index (χ0) is 12.6. The Kier molecular flexibility index (Phi) is 2.93. The van der Waals surface area contributed by atoms with Gasteiger partial charge in [-0.05, 0) is 18.6 Å². The summed E-state index contributed by atoms with van der Waals surface area (Å²) >= 11 is 0. The van der Waals surface area contributed by atoms with Gasteiger partial charge in [-0.25, -0.2) is 20.2 Å². The predicted octanol–water partition coefficient (Wildman–Crippen LogP) is 2.49. The lowest BCUT2D eigenvalue weighted by Gasteiger charge is -2.10. The van der Waals surface area contributed by atoms with Crippen LogP contribution in [0.2, 0.25) is 0 Å². The minimum atomic E-state index is -0.270. The molecule has 90 valence electrons. The van der Waals surface area contributed by atoms with E-state index in [0.29, 0.717) is 22.7 Å². The summed E-state index contributed by atoms with van der Waals surface area (Å²) in [6.07, 6.45) is 0. The number of hydrazine groups is 1. The average Bonchev–Trinajstić information content (AvgIpc) is 2.29. The maximum atomic E-state index is 13.5. The Morgan fingerprint density at radius 1 is 1.29 bits per heavy atom. The molecule has 3 N–H and O–H groups in total. The molecule has 1 aromatic heterocycles. The van der Waals surface area contributed by atoms with E-state index in [9.17, 15) is 4.39 Å². The van der Waals surface area contributed by atoms with Crippen LogP contribution in [0.25, 0.3) is 10.9 Å². The molecule has 0 saturated carbocycles. The van der Waals surface area contributed by atoms with Crippen LogP contribution in [0.15, 0.2) is 12.1 Å². The monoisotopic (exact) mass is 234 g/mol. The van der Waals surface area contributed by atoms with E-state index < -0.39 is 0 Å². The Labute approximate surface area is 99.0 Å². The molecule has 0 spiro atoms. The van der Waals surface area contributed by atoms with Crippen LogP contribution in [-0.4, -0.2) is 9.97 Å². The van der Waals surface area contributed by atoms with Crippen molar-refractivity contribution in [3.05, 3.63) is 29.3 Å². The molecule has 0 atom stereocenters. The highest BCUT2D eigenvalue weighted by Gasteiger charge is 2.11. The van der Waals surface area contributed by atoms with Gasteiger partial charge >= 0.3 is 0 Å². The van der Waals surface area contributed by atoms with E-state index in [1.54, 1.807) is 13.0 Å². The fraction of sp³-hybridized carbons (Fsp3) is 0.333. The minimum Gasteiger partial charge on any atom is -0.308 e. The lowest BCUT2D eigenvalue weighted by atomic mass is 10.1. The van der Waals surface area contributed by atoms with Crippen molar-refractivity contribution >= 4 is 16.7 Å². The van der Waals surface area contributed by atoms with Crippen molar-refractivity contribution in [2.45, 2.75) is 26.7 Å². The second kappa shape index (κ2) is 4.25. The third-order valence-corrected chi connectivity index (χ3v) is 2.65. The van der Waals surface area contributed by atoms with Gasteiger partial charge in [0.25, 0.3) is 0 Å². The highest BCUT2D eigenvalue weighted by Crippen LogP contribution is 2.24. The van der Waals surface area contributed by atoms with Crippen molar-refractivity contribution in [3.8, 4) is 0 Å². The fourth-order valence-electron chi connectivity index (χ4n) is 1.64. The third-order valence-electron chi connectivity index (χ3n) is 2.65. The lowest BCUT2D eigenvalue weighted by molar-refractivity contribution is 0.620. The summed E-state index contributed by atoms with van der Waals surface area (Å²) < 4.78 is 13.5. The summed E-state index contributed by atoms with van der Waals surface area (Å²) in [6, 6.07) is 3.11. The van der Waals surface area contributed by atoms with E-state index >= 15 is 0 Å². The zero-order valence-electron chi connectivity index (χ0n) is 10.1. The maximum absolute atomic E-state index is 13.5. The molecule has 0 bridgehead atoms. The first-order valence-electron chi connectivity index (χ1n) is 5.47. The van der Waals surface area contributed by atoms with Crippen LogP contribution in [0.5, 0.6) is 0 Å². The number of benzene rings is 1. The van der Waals surface area contributed by atoms with Crippen molar-refractivity contribution in [2.24, 2.45) is 5.84 Å². The summed E-state index contributed by atoms with van der Waals surface area (Å²) in [4.78, 5) is 8.66. The highest BCUT2D eigenvalue weighted by molar-refractivity contribution is 5.89. The molecular weight excluding hydrogens is 219 g/mol. The van der Waals surface area contributed by atoms with Crippen LogP contribution in [0, 0.1) is 12.7 Å². The van der Waals surface area contributed by atoms with Gasteiger partial charge in [-0.3, -0.25) is 0 Å². The number of nitrogens with zero attached hydrogens (tertiary/aromatic N) is 2. The van der Waals surface area contributed by atoms with Gasteiger partial charge in [-0.15, -0.1) is 0 Å². The number of aryl methyl sites for hydroxylation is 1. The van der Waals surface area contributed by atoms with Crippen LogP contribution < -0.4 is 11.3 Å². The summed E-state index contributed by atoms with van der Waals surface area (Å²) in [5.41, 5.74) is 3.66. The molecule has 0 radical (unpaired) electrons. The molecule has 0 aliphatic rings. The number of nitrogens with two attached hydrogens (primary N) is 1. The average molecular weight is 234 g/mol. The summed E-state index contributed by atoms with van der Waals surface area (Å²) in [6.45, 7) is 5.66. The van der Waals surface area contributed by atoms with Gasteiger partial charge in [0.2, 0.25) is 0 Å². The van der Waals surface area contributed by atoms with Crippen LogP contribution in [-0.2, 0) is 0 Å². The highest BCUT2D eigenvalue weighted by atomic mass is 19.1.